The molecule has 4 rings (SSSR count). The van der Waals surface area contributed by atoms with Gasteiger partial charge in [-0.25, -0.2) is 4.79 Å². The molecule has 8 nitrogen and oxygen atoms in total. The zero-order valence-corrected chi connectivity index (χ0v) is 16.4. The van der Waals surface area contributed by atoms with E-state index in [0.29, 0.717) is 22.3 Å². The smallest absolute Gasteiger partial charge is 0.335 e. The average molecular weight is 408 g/mol. The van der Waals surface area contributed by atoms with Gasteiger partial charge < -0.3 is 9.52 Å². The van der Waals surface area contributed by atoms with Gasteiger partial charge >= 0.3 is 5.97 Å². The number of hydrazone groups is 1. The first-order valence-corrected chi connectivity index (χ1v) is 9.59. The third-order valence-corrected chi connectivity index (χ3v) is 5.50. The molecule has 0 aliphatic carbocycles. The maximum Gasteiger partial charge on any atom is 0.335 e. The summed E-state index contributed by atoms with van der Waals surface area (Å²) in [6, 6.07) is 9.66. The van der Waals surface area contributed by atoms with Gasteiger partial charge in [0.1, 0.15) is 16.6 Å². The Hall–Kier alpha value is -3.46. The summed E-state index contributed by atoms with van der Waals surface area (Å²) in [4.78, 5) is 27.4. The third kappa shape index (κ3) is 3.52. The number of furan rings is 1. The van der Waals surface area contributed by atoms with Crippen LogP contribution in [0.5, 0.6) is 0 Å². The van der Waals surface area contributed by atoms with Crippen LogP contribution in [0.25, 0.3) is 17.4 Å². The fraction of sp³-hybridized carbons (Fsp3) is 0.150. The Balaban J connectivity index is 1.61. The average Bonchev–Trinajstić information content (AvgIpc) is 3.32. The van der Waals surface area contributed by atoms with Crippen molar-refractivity contribution >= 4 is 45.8 Å². The largest absolute Gasteiger partial charge is 0.478 e. The molecule has 2 aliphatic heterocycles. The molecule has 0 saturated carbocycles. The van der Waals surface area contributed by atoms with Crippen molar-refractivity contribution in [2.75, 3.05) is 0 Å². The van der Waals surface area contributed by atoms with Crippen molar-refractivity contribution in [3.8, 4) is 11.3 Å². The molecule has 1 aromatic heterocycles. The summed E-state index contributed by atoms with van der Waals surface area (Å²) in [5, 5.41) is 24.3. The van der Waals surface area contributed by atoms with E-state index in [0.717, 1.165) is 5.04 Å². The van der Waals surface area contributed by atoms with E-state index in [-0.39, 0.29) is 22.9 Å². The highest BCUT2D eigenvalue weighted by Gasteiger charge is 2.36. The number of rotatable bonds is 4. The number of aliphatic imine (C=N–C) groups is 1. The Bertz CT molecular complexity index is 1130. The Morgan fingerprint density at radius 2 is 1.97 bits per heavy atom. The van der Waals surface area contributed by atoms with Crippen LogP contribution in [0, 0.1) is 11.3 Å². The van der Waals surface area contributed by atoms with Crippen LogP contribution in [0.1, 0.15) is 30.0 Å². The van der Waals surface area contributed by atoms with Crippen LogP contribution in [-0.4, -0.2) is 38.0 Å². The van der Waals surface area contributed by atoms with Gasteiger partial charge in [0.2, 0.25) is 5.17 Å². The summed E-state index contributed by atoms with van der Waals surface area (Å²) in [7, 11) is 0. The van der Waals surface area contributed by atoms with E-state index in [9.17, 15) is 9.59 Å². The van der Waals surface area contributed by atoms with Crippen molar-refractivity contribution in [1.82, 2.24) is 5.01 Å². The minimum atomic E-state index is -1.00. The summed E-state index contributed by atoms with van der Waals surface area (Å²) in [5.74, 6) is -0.494. The number of fused-ring (bicyclic) bond motifs is 1. The van der Waals surface area contributed by atoms with Crippen LogP contribution >= 0.6 is 11.8 Å². The lowest BCUT2D eigenvalue weighted by Crippen LogP contribution is -2.35. The highest BCUT2D eigenvalue weighted by molar-refractivity contribution is 8.27. The molecule has 0 radical (unpaired) electrons. The van der Waals surface area contributed by atoms with Gasteiger partial charge in [-0.1, -0.05) is 26.0 Å². The SMILES string of the molecule is CC(C)C1=NN2C(=N)C(=Cc3ccc(-c4ccc(C(=O)O)cc4)o3)C(=O)N=C2S1. The molecular formula is C20H16N4O4S. The minimum absolute atomic E-state index is 0.0492. The van der Waals surface area contributed by atoms with Gasteiger partial charge in [-0.05, 0) is 42.1 Å². The molecule has 0 saturated heterocycles. The van der Waals surface area contributed by atoms with Crippen LogP contribution in [0.15, 0.2) is 56.5 Å². The molecule has 1 aromatic carbocycles. The molecule has 0 unspecified atom stereocenters. The lowest BCUT2D eigenvalue weighted by molar-refractivity contribution is -0.114. The van der Waals surface area contributed by atoms with Crippen LogP contribution in [0.2, 0.25) is 0 Å². The number of aromatic carboxylic acids is 1. The second kappa shape index (κ2) is 7.17. The van der Waals surface area contributed by atoms with Gasteiger partial charge in [-0.15, -0.1) is 0 Å². The molecule has 0 spiro atoms. The number of hydrogen-bond donors (Lipinski definition) is 2. The summed E-state index contributed by atoms with van der Waals surface area (Å²) in [5.41, 5.74) is 0.972. The minimum Gasteiger partial charge on any atom is -0.478 e. The van der Waals surface area contributed by atoms with Crippen molar-refractivity contribution < 1.29 is 19.1 Å². The van der Waals surface area contributed by atoms with Crippen LogP contribution < -0.4 is 0 Å². The normalized spacial score (nSPS) is 17.6. The lowest BCUT2D eigenvalue weighted by Gasteiger charge is -2.19. The number of benzene rings is 1. The van der Waals surface area contributed by atoms with E-state index < -0.39 is 11.9 Å². The Kier molecular flexibility index (Phi) is 4.67. The molecule has 146 valence electrons. The first-order chi connectivity index (χ1) is 13.8. The summed E-state index contributed by atoms with van der Waals surface area (Å²) in [6.45, 7) is 3.97. The molecule has 2 aliphatic rings. The molecule has 0 bridgehead atoms. The highest BCUT2D eigenvalue weighted by Crippen LogP contribution is 2.31. The van der Waals surface area contributed by atoms with Crippen molar-refractivity contribution in [3.63, 3.8) is 0 Å². The van der Waals surface area contributed by atoms with Crippen LogP contribution in [-0.2, 0) is 4.79 Å². The van der Waals surface area contributed by atoms with Gasteiger partial charge in [0.25, 0.3) is 5.91 Å². The Morgan fingerprint density at radius 1 is 1.24 bits per heavy atom. The topological polar surface area (TPSA) is 119 Å². The number of hydrogen-bond acceptors (Lipinski definition) is 6. The van der Waals surface area contributed by atoms with Gasteiger partial charge in [0.15, 0.2) is 5.84 Å². The number of nitrogens with zero attached hydrogens (tertiary/aromatic N) is 3. The number of carbonyl (C=O) groups is 2. The predicted octanol–water partition coefficient (Wildman–Crippen LogP) is 3.92. The number of carbonyl (C=O) groups excluding carboxylic acids is 1. The van der Waals surface area contributed by atoms with Gasteiger partial charge in [-0.3, -0.25) is 10.2 Å². The van der Waals surface area contributed by atoms with Crippen molar-refractivity contribution in [2.24, 2.45) is 16.0 Å². The van der Waals surface area contributed by atoms with Crippen LogP contribution in [0.4, 0.5) is 0 Å². The second-order valence-electron chi connectivity index (χ2n) is 6.70. The molecule has 29 heavy (non-hydrogen) atoms. The molecule has 2 aromatic rings. The van der Waals surface area contributed by atoms with Crippen molar-refractivity contribution in [1.29, 1.82) is 5.41 Å². The Labute approximate surface area is 170 Å². The number of nitrogens with one attached hydrogen (secondary N) is 1. The summed E-state index contributed by atoms with van der Waals surface area (Å²) >= 11 is 1.29. The first kappa shape index (κ1) is 18.9. The zero-order chi connectivity index (χ0) is 20.7. The van der Waals surface area contributed by atoms with E-state index in [1.54, 1.807) is 24.3 Å². The molecule has 0 atom stereocenters. The third-order valence-electron chi connectivity index (χ3n) is 4.29. The molecule has 2 N–H and O–H groups in total. The number of thioether (sulfide) groups is 1. The second-order valence-corrected chi connectivity index (χ2v) is 7.69. The zero-order valence-electron chi connectivity index (χ0n) is 15.5. The molecule has 9 heteroatoms. The number of carboxylic acids is 1. The maximum atomic E-state index is 12.4. The van der Waals surface area contributed by atoms with Crippen LogP contribution in [0.3, 0.4) is 0 Å². The van der Waals surface area contributed by atoms with Gasteiger partial charge in [-0.2, -0.15) is 15.1 Å². The molecule has 1 amide bonds. The van der Waals surface area contributed by atoms with E-state index in [4.69, 9.17) is 14.9 Å². The van der Waals surface area contributed by atoms with Crippen molar-refractivity contribution in [3.05, 3.63) is 53.3 Å². The van der Waals surface area contributed by atoms with Crippen molar-refractivity contribution in [2.45, 2.75) is 13.8 Å². The van der Waals surface area contributed by atoms with Gasteiger partial charge in [0.05, 0.1) is 11.1 Å². The van der Waals surface area contributed by atoms with E-state index in [2.05, 4.69) is 10.1 Å². The molecule has 3 heterocycles. The number of amides is 1. The predicted molar refractivity (Wildman–Crippen MR) is 111 cm³/mol. The van der Waals surface area contributed by atoms with E-state index in [1.165, 1.54) is 35.0 Å². The standard InChI is InChI=1S/C20H16N4O4S/c1-10(2)18-23-24-16(21)14(17(25)22-20(24)29-18)9-13-7-8-15(28-13)11-3-5-12(6-4-11)19(26)27/h3-10,21H,1-2H3,(H,26,27). The van der Waals surface area contributed by atoms with E-state index >= 15 is 0 Å². The van der Waals surface area contributed by atoms with E-state index in [1.807, 2.05) is 13.8 Å². The fourth-order valence-corrected chi connectivity index (χ4v) is 3.64. The molecule has 0 fully saturated rings. The fourth-order valence-electron chi connectivity index (χ4n) is 2.75. The highest BCUT2D eigenvalue weighted by atomic mass is 32.2. The molecular weight excluding hydrogens is 392 g/mol. The Morgan fingerprint density at radius 3 is 2.62 bits per heavy atom. The maximum absolute atomic E-state index is 12.4. The quantitative estimate of drug-likeness (QED) is 0.740. The first-order valence-electron chi connectivity index (χ1n) is 8.77. The summed E-state index contributed by atoms with van der Waals surface area (Å²) < 4.78 is 5.76. The number of carboxylic acid groups (broad SMARTS) is 1. The van der Waals surface area contributed by atoms with Gasteiger partial charge in [0, 0.05) is 11.5 Å². The number of amidine groups is 2. The lowest BCUT2D eigenvalue weighted by atomic mass is 10.1. The monoisotopic (exact) mass is 408 g/mol. The summed E-state index contributed by atoms with van der Waals surface area (Å²) in [6.07, 6.45) is 1.47.